The van der Waals surface area contributed by atoms with E-state index in [-0.39, 0.29) is 5.69 Å². The lowest BCUT2D eigenvalue weighted by molar-refractivity contribution is 0.101. The summed E-state index contributed by atoms with van der Waals surface area (Å²) in [5, 5.41) is 6.85. The largest absolute Gasteiger partial charge is 0.487 e. The monoisotopic (exact) mass is 362 g/mol. The van der Waals surface area contributed by atoms with E-state index in [0.29, 0.717) is 41.2 Å². The first-order valence-electron chi connectivity index (χ1n) is 7.41. The molecule has 0 bridgehead atoms. The normalized spacial score (nSPS) is 10.6. The van der Waals surface area contributed by atoms with Crippen LogP contribution < -0.4 is 10.1 Å². The van der Waals surface area contributed by atoms with E-state index in [1.807, 2.05) is 0 Å². The number of hydrogen-bond donors (Lipinski definition) is 1. The van der Waals surface area contributed by atoms with Gasteiger partial charge in [-0.1, -0.05) is 22.8 Å². The highest BCUT2D eigenvalue weighted by molar-refractivity contribution is 6.32. The minimum Gasteiger partial charge on any atom is -0.487 e. The van der Waals surface area contributed by atoms with Crippen LogP contribution in [-0.2, 0) is 4.74 Å². The van der Waals surface area contributed by atoms with Crippen LogP contribution in [0.25, 0.3) is 11.5 Å². The summed E-state index contributed by atoms with van der Waals surface area (Å²) in [4.78, 5) is 12.4. The number of furan rings is 1. The molecule has 3 rings (SSSR count). The highest BCUT2D eigenvalue weighted by Crippen LogP contribution is 2.33. The van der Waals surface area contributed by atoms with Crippen molar-refractivity contribution in [2.24, 2.45) is 0 Å². The second-order valence-electron chi connectivity index (χ2n) is 4.97. The van der Waals surface area contributed by atoms with Crippen molar-refractivity contribution in [3.63, 3.8) is 0 Å². The predicted molar refractivity (Wildman–Crippen MR) is 91.0 cm³/mol. The first kappa shape index (κ1) is 17.1. The standard InChI is InChI=1S/C17H15ClN2O5/c1-22-8-9-24-16-11(18)4-2-5-12(16)19-17(21)13-10-15(25-20-13)14-6-3-7-23-14/h2-7,10H,8-9H2,1H3,(H,19,21). The summed E-state index contributed by atoms with van der Waals surface area (Å²) >= 11 is 6.15. The summed E-state index contributed by atoms with van der Waals surface area (Å²) in [5.41, 5.74) is 0.533. The quantitative estimate of drug-likeness (QED) is 0.642. The van der Waals surface area contributed by atoms with Crippen molar-refractivity contribution in [1.82, 2.24) is 5.16 Å². The molecule has 0 saturated carbocycles. The average Bonchev–Trinajstić information content (AvgIpc) is 3.28. The second-order valence-corrected chi connectivity index (χ2v) is 5.37. The molecule has 0 aliphatic rings. The summed E-state index contributed by atoms with van der Waals surface area (Å²) in [6.07, 6.45) is 1.51. The summed E-state index contributed by atoms with van der Waals surface area (Å²) in [5.74, 6) is 0.750. The van der Waals surface area contributed by atoms with E-state index in [9.17, 15) is 4.79 Å². The third-order valence-corrected chi connectivity index (χ3v) is 3.55. The Morgan fingerprint density at radius 2 is 2.12 bits per heavy atom. The van der Waals surface area contributed by atoms with Gasteiger partial charge in [0.1, 0.15) is 6.61 Å². The topological polar surface area (TPSA) is 86.7 Å². The summed E-state index contributed by atoms with van der Waals surface area (Å²) < 4.78 is 20.9. The van der Waals surface area contributed by atoms with Crippen LogP contribution in [0, 0.1) is 0 Å². The molecule has 130 valence electrons. The number of aromatic nitrogens is 1. The minimum atomic E-state index is -0.458. The number of ether oxygens (including phenoxy) is 2. The Balaban J connectivity index is 1.76. The third-order valence-electron chi connectivity index (χ3n) is 3.26. The molecule has 0 unspecified atom stereocenters. The van der Waals surface area contributed by atoms with Crippen LogP contribution in [-0.4, -0.2) is 31.4 Å². The Kier molecular flexibility index (Phi) is 5.37. The molecule has 8 heteroatoms. The number of halogens is 1. The van der Waals surface area contributed by atoms with Crippen LogP contribution in [0.2, 0.25) is 5.02 Å². The lowest BCUT2D eigenvalue weighted by Crippen LogP contribution is -2.14. The maximum atomic E-state index is 12.4. The van der Waals surface area contributed by atoms with Gasteiger partial charge >= 0.3 is 0 Å². The molecule has 0 atom stereocenters. The molecule has 0 saturated heterocycles. The third kappa shape index (κ3) is 4.01. The Bertz CT molecular complexity index is 845. The molecular weight excluding hydrogens is 348 g/mol. The first-order valence-corrected chi connectivity index (χ1v) is 7.79. The van der Waals surface area contributed by atoms with Crippen molar-refractivity contribution in [3.05, 3.63) is 53.4 Å². The van der Waals surface area contributed by atoms with Crippen LogP contribution >= 0.6 is 11.6 Å². The Morgan fingerprint density at radius 3 is 2.88 bits per heavy atom. The molecule has 25 heavy (non-hydrogen) atoms. The van der Waals surface area contributed by atoms with Crippen LogP contribution in [0.3, 0.4) is 0 Å². The van der Waals surface area contributed by atoms with Crippen LogP contribution in [0.15, 0.2) is 51.6 Å². The van der Waals surface area contributed by atoms with Gasteiger partial charge in [0.2, 0.25) is 5.76 Å². The van der Waals surface area contributed by atoms with Crippen LogP contribution in [0.5, 0.6) is 5.75 Å². The zero-order valence-electron chi connectivity index (χ0n) is 13.3. The summed E-state index contributed by atoms with van der Waals surface area (Å²) in [6.45, 7) is 0.699. The molecule has 0 fully saturated rings. The van der Waals surface area contributed by atoms with Crippen molar-refractivity contribution in [1.29, 1.82) is 0 Å². The second kappa shape index (κ2) is 7.87. The molecule has 1 aromatic carbocycles. The van der Waals surface area contributed by atoms with Crippen molar-refractivity contribution in [2.75, 3.05) is 25.6 Å². The number of nitrogens with one attached hydrogen (secondary N) is 1. The van der Waals surface area contributed by atoms with Crippen molar-refractivity contribution < 1.29 is 23.2 Å². The zero-order chi connectivity index (χ0) is 17.6. The average molecular weight is 363 g/mol. The van der Waals surface area contributed by atoms with Crippen molar-refractivity contribution in [3.8, 4) is 17.3 Å². The van der Waals surface area contributed by atoms with Crippen molar-refractivity contribution >= 4 is 23.2 Å². The Labute approximate surface area is 148 Å². The zero-order valence-corrected chi connectivity index (χ0v) is 14.1. The smallest absolute Gasteiger partial charge is 0.277 e. The van der Waals surface area contributed by atoms with Gasteiger partial charge in [0.15, 0.2) is 17.2 Å². The molecular formula is C17H15ClN2O5. The molecule has 3 aromatic rings. The van der Waals surface area contributed by atoms with Gasteiger partial charge in [-0.15, -0.1) is 0 Å². The number of nitrogens with zero attached hydrogens (tertiary/aromatic N) is 1. The fourth-order valence-corrected chi connectivity index (χ4v) is 2.31. The maximum Gasteiger partial charge on any atom is 0.277 e. The molecule has 1 amide bonds. The maximum absolute atomic E-state index is 12.4. The van der Waals surface area contributed by atoms with E-state index >= 15 is 0 Å². The number of hydrogen-bond acceptors (Lipinski definition) is 6. The van der Waals surface area contributed by atoms with Gasteiger partial charge in [-0.05, 0) is 24.3 Å². The fraction of sp³-hybridized carbons (Fsp3) is 0.176. The number of para-hydroxylation sites is 1. The number of benzene rings is 1. The van der Waals surface area contributed by atoms with Gasteiger partial charge in [0.25, 0.3) is 5.91 Å². The van der Waals surface area contributed by atoms with E-state index in [2.05, 4.69) is 10.5 Å². The van der Waals surface area contributed by atoms with Crippen LogP contribution in [0.1, 0.15) is 10.5 Å². The fourth-order valence-electron chi connectivity index (χ4n) is 2.08. The summed E-state index contributed by atoms with van der Waals surface area (Å²) in [7, 11) is 1.57. The van der Waals surface area contributed by atoms with E-state index in [1.54, 1.807) is 37.4 Å². The van der Waals surface area contributed by atoms with E-state index in [4.69, 9.17) is 30.0 Å². The number of methoxy groups -OCH3 is 1. The number of anilines is 1. The van der Waals surface area contributed by atoms with E-state index in [1.165, 1.54) is 12.3 Å². The summed E-state index contributed by atoms with van der Waals surface area (Å²) in [6, 6.07) is 9.97. The first-order chi connectivity index (χ1) is 12.2. The number of carbonyl (C=O) groups is 1. The van der Waals surface area contributed by atoms with E-state index < -0.39 is 5.91 Å². The molecule has 7 nitrogen and oxygen atoms in total. The molecule has 2 heterocycles. The number of amides is 1. The van der Waals surface area contributed by atoms with Crippen LogP contribution in [0.4, 0.5) is 5.69 Å². The lowest BCUT2D eigenvalue weighted by Gasteiger charge is -2.13. The Hall–Kier alpha value is -2.77. The highest BCUT2D eigenvalue weighted by atomic mass is 35.5. The molecule has 1 N–H and O–H groups in total. The Morgan fingerprint density at radius 1 is 1.24 bits per heavy atom. The lowest BCUT2D eigenvalue weighted by atomic mass is 10.2. The molecule has 0 spiro atoms. The minimum absolute atomic E-state index is 0.106. The van der Waals surface area contributed by atoms with Crippen molar-refractivity contribution in [2.45, 2.75) is 0 Å². The van der Waals surface area contributed by atoms with Gasteiger partial charge in [-0.2, -0.15) is 0 Å². The van der Waals surface area contributed by atoms with Gasteiger partial charge < -0.3 is 23.7 Å². The molecule has 2 aromatic heterocycles. The number of carbonyl (C=O) groups excluding carboxylic acids is 1. The van der Waals surface area contributed by atoms with Gasteiger partial charge in [-0.3, -0.25) is 4.79 Å². The van der Waals surface area contributed by atoms with Gasteiger partial charge in [-0.25, -0.2) is 0 Å². The predicted octanol–water partition coefficient (Wildman–Crippen LogP) is 3.87. The van der Waals surface area contributed by atoms with Gasteiger partial charge in [0.05, 0.1) is 23.6 Å². The highest BCUT2D eigenvalue weighted by Gasteiger charge is 2.18. The molecule has 0 aliphatic heterocycles. The number of rotatable bonds is 7. The van der Waals surface area contributed by atoms with E-state index in [0.717, 1.165) is 0 Å². The molecule has 0 aliphatic carbocycles. The SMILES string of the molecule is COCCOc1c(Cl)cccc1NC(=O)c1cc(-c2ccco2)on1. The molecule has 0 radical (unpaired) electrons. The van der Waals surface area contributed by atoms with Gasteiger partial charge in [0, 0.05) is 13.2 Å².